The van der Waals surface area contributed by atoms with Gasteiger partial charge in [0.15, 0.2) is 0 Å². The van der Waals surface area contributed by atoms with Gasteiger partial charge < -0.3 is 14.9 Å². The van der Waals surface area contributed by atoms with Crippen LogP contribution in [0.3, 0.4) is 0 Å². The highest BCUT2D eigenvalue weighted by Gasteiger charge is 2.34. The number of ether oxygens (including phenoxy) is 1. The molecule has 2 aromatic rings. The lowest BCUT2D eigenvalue weighted by Gasteiger charge is -2.35. The second-order valence-electron chi connectivity index (χ2n) is 4.56. The van der Waals surface area contributed by atoms with Gasteiger partial charge in [0.05, 0.1) is 24.7 Å². The first-order valence-corrected chi connectivity index (χ1v) is 5.80. The van der Waals surface area contributed by atoms with Gasteiger partial charge in [-0.05, 0) is 24.1 Å². The van der Waals surface area contributed by atoms with E-state index in [9.17, 15) is 0 Å². The molecule has 0 spiro atoms. The minimum Gasteiger partial charge on any atom is -0.493 e. The Balaban J connectivity index is 1.98. The predicted octanol–water partition coefficient (Wildman–Crippen LogP) is 2.46. The van der Waals surface area contributed by atoms with Crippen LogP contribution < -0.4 is 10.5 Å². The number of hydrogen-bond donors (Lipinski definition) is 1. The minimum absolute atomic E-state index is 0.348. The van der Waals surface area contributed by atoms with E-state index in [4.69, 9.17) is 14.9 Å². The van der Waals surface area contributed by atoms with Crippen LogP contribution in [0.2, 0.25) is 0 Å². The van der Waals surface area contributed by atoms with Crippen molar-refractivity contribution in [2.24, 2.45) is 5.73 Å². The van der Waals surface area contributed by atoms with Crippen molar-refractivity contribution in [3.8, 4) is 5.75 Å². The van der Waals surface area contributed by atoms with Crippen molar-refractivity contribution in [2.75, 3.05) is 6.61 Å². The molecule has 0 amide bonds. The second-order valence-corrected chi connectivity index (χ2v) is 4.56. The van der Waals surface area contributed by atoms with E-state index in [1.54, 1.807) is 12.5 Å². The minimum atomic E-state index is -0.348. The SMILES string of the molecule is NC1(Cc2ccoc2)CCOc2ccccc21. The molecule has 1 unspecified atom stereocenters. The van der Waals surface area contributed by atoms with Crippen LogP contribution in [0, 0.1) is 0 Å². The third kappa shape index (κ3) is 1.83. The number of rotatable bonds is 2. The first-order valence-electron chi connectivity index (χ1n) is 5.80. The fourth-order valence-corrected chi connectivity index (χ4v) is 2.42. The number of benzene rings is 1. The van der Waals surface area contributed by atoms with Crippen molar-refractivity contribution in [3.05, 3.63) is 54.0 Å². The summed E-state index contributed by atoms with van der Waals surface area (Å²) in [6.07, 6.45) is 5.05. The van der Waals surface area contributed by atoms with E-state index >= 15 is 0 Å². The molecule has 0 aliphatic carbocycles. The molecule has 1 aromatic heterocycles. The summed E-state index contributed by atoms with van der Waals surface area (Å²) in [6.45, 7) is 0.672. The molecule has 0 radical (unpaired) electrons. The molecule has 3 rings (SSSR count). The summed E-state index contributed by atoms with van der Waals surface area (Å²) in [5.41, 5.74) is 8.41. The van der Waals surface area contributed by atoms with Gasteiger partial charge in [0.1, 0.15) is 5.75 Å². The Labute approximate surface area is 100 Å². The van der Waals surface area contributed by atoms with E-state index < -0.39 is 0 Å². The summed E-state index contributed by atoms with van der Waals surface area (Å²) in [7, 11) is 0. The Bertz CT molecular complexity index is 507. The highest BCUT2D eigenvalue weighted by molar-refractivity contribution is 5.41. The standard InChI is InChI=1S/C14H15NO2/c15-14(9-11-5-7-16-10-11)6-8-17-13-4-2-1-3-12(13)14/h1-5,7,10H,6,8-9,15H2. The van der Waals surface area contributed by atoms with Crippen LogP contribution in [0.4, 0.5) is 0 Å². The molecule has 1 aliphatic rings. The zero-order valence-electron chi connectivity index (χ0n) is 9.56. The lowest BCUT2D eigenvalue weighted by Crippen LogP contribution is -2.43. The topological polar surface area (TPSA) is 48.4 Å². The average Bonchev–Trinajstić information content (AvgIpc) is 2.82. The van der Waals surface area contributed by atoms with Gasteiger partial charge in [-0.3, -0.25) is 0 Å². The summed E-state index contributed by atoms with van der Waals surface area (Å²) in [5.74, 6) is 0.907. The molecule has 0 saturated heterocycles. The van der Waals surface area contributed by atoms with E-state index in [-0.39, 0.29) is 5.54 Å². The first-order chi connectivity index (χ1) is 8.28. The molecule has 3 heteroatoms. The van der Waals surface area contributed by atoms with Gasteiger partial charge >= 0.3 is 0 Å². The van der Waals surface area contributed by atoms with Crippen molar-refractivity contribution in [1.82, 2.24) is 0 Å². The maximum atomic E-state index is 6.54. The monoisotopic (exact) mass is 229 g/mol. The van der Waals surface area contributed by atoms with Gasteiger partial charge in [-0.1, -0.05) is 18.2 Å². The summed E-state index contributed by atoms with van der Waals surface area (Å²) < 4.78 is 10.7. The smallest absolute Gasteiger partial charge is 0.124 e. The highest BCUT2D eigenvalue weighted by Crippen LogP contribution is 2.37. The van der Waals surface area contributed by atoms with E-state index in [0.29, 0.717) is 6.61 Å². The second kappa shape index (κ2) is 3.93. The molecular weight excluding hydrogens is 214 g/mol. The van der Waals surface area contributed by atoms with Crippen LogP contribution in [0.1, 0.15) is 17.5 Å². The molecule has 2 N–H and O–H groups in total. The molecular formula is C14H15NO2. The fraction of sp³-hybridized carbons (Fsp3) is 0.286. The lowest BCUT2D eigenvalue weighted by molar-refractivity contribution is 0.215. The van der Waals surface area contributed by atoms with Crippen LogP contribution in [0.25, 0.3) is 0 Å². The van der Waals surface area contributed by atoms with Gasteiger partial charge in [-0.25, -0.2) is 0 Å². The van der Waals surface area contributed by atoms with Crippen molar-refractivity contribution in [3.63, 3.8) is 0 Å². The van der Waals surface area contributed by atoms with Gasteiger partial charge in [-0.2, -0.15) is 0 Å². The van der Waals surface area contributed by atoms with E-state index in [1.807, 2.05) is 24.3 Å². The summed E-state index contributed by atoms with van der Waals surface area (Å²) in [4.78, 5) is 0. The highest BCUT2D eigenvalue weighted by atomic mass is 16.5. The molecule has 88 valence electrons. The number of para-hydroxylation sites is 1. The van der Waals surface area contributed by atoms with Gasteiger partial charge in [0.2, 0.25) is 0 Å². The molecule has 2 heterocycles. The van der Waals surface area contributed by atoms with Crippen LogP contribution in [-0.4, -0.2) is 6.61 Å². The number of nitrogens with two attached hydrogens (primary N) is 1. The molecule has 0 bridgehead atoms. The quantitative estimate of drug-likeness (QED) is 0.860. The third-order valence-electron chi connectivity index (χ3n) is 3.33. The Hall–Kier alpha value is -1.74. The summed E-state index contributed by atoms with van der Waals surface area (Å²) in [5, 5.41) is 0. The van der Waals surface area contributed by atoms with Crippen LogP contribution >= 0.6 is 0 Å². The maximum absolute atomic E-state index is 6.54. The van der Waals surface area contributed by atoms with Crippen LogP contribution in [0.5, 0.6) is 5.75 Å². The van der Waals surface area contributed by atoms with E-state index in [2.05, 4.69) is 6.07 Å². The normalized spacial score (nSPS) is 22.9. The molecule has 0 saturated carbocycles. The zero-order valence-corrected chi connectivity index (χ0v) is 9.56. The first kappa shape index (κ1) is 10.4. The Morgan fingerprint density at radius 3 is 2.94 bits per heavy atom. The van der Waals surface area contributed by atoms with E-state index in [1.165, 1.54) is 0 Å². The van der Waals surface area contributed by atoms with Gasteiger partial charge in [0.25, 0.3) is 0 Å². The Kier molecular flexibility index (Phi) is 2.41. The molecule has 1 atom stereocenters. The summed E-state index contributed by atoms with van der Waals surface area (Å²) in [6, 6.07) is 9.97. The predicted molar refractivity (Wildman–Crippen MR) is 64.8 cm³/mol. The average molecular weight is 229 g/mol. The van der Waals surface area contributed by atoms with Crippen molar-refractivity contribution in [1.29, 1.82) is 0 Å². The maximum Gasteiger partial charge on any atom is 0.124 e. The molecule has 3 nitrogen and oxygen atoms in total. The molecule has 0 fully saturated rings. The molecule has 17 heavy (non-hydrogen) atoms. The van der Waals surface area contributed by atoms with Gasteiger partial charge in [-0.15, -0.1) is 0 Å². The largest absolute Gasteiger partial charge is 0.493 e. The third-order valence-corrected chi connectivity index (χ3v) is 3.33. The van der Waals surface area contributed by atoms with Crippen molar-refractivity contribution < 1.29 is 9.15 Å². The number of fused-ring (bicyclic) bond motifs is 1. The molecule has 1 aromatic carbocycles. The lowest BCUT2D eigenvalue weighted by atomic mass is 9.81. The Morgan fingerprint density at radius 1 is 1.24 bits per heavy atom. The number of hydrogen-bond acceptors (Lipinski definition) is 3. The van der Waals surface area contributed by atoms with Crippen molar-refractivity contribution >= 4 is 0 Å². The van der Waals surface area contributed by atoms with Crippen LogP contribution in [0.15, 0.2) is 47.3 Å². The number of furan rings is 1. The zero-order chi connectivity index (χ0) is 11.7. The van der Waals surface area contributed by atoms with Crippen LogP contribution in [-0.2, 0) is 12.0 Å². The van der Waals surface area contributed by atoms with Gasteiger partial charge in [0, 0.05) is 12.0 Å². The fourth-order valence-electron chi connectivity index (χ4n) is 2.42. The molecule has 1 aliphatic heterocycles. The summed E-state index contributed by atoms with van der Waals surface area (Å²) >= 11 is 0. The Morgan fingerprint density at radius 2 is 2.12 bits per heavy atom. The van der Waals surface area contributed by atoms with E-state index in [0.717, 1.165) is 29.7 Å². The van der Waals surface area contributed by atoms with Crippen molar-refractivity contribution in [2.45, 2.75) is 18.4 Å².